The van der Waals surface area contributed by atoms with Crippen LogP contribution in [0.4, 0.5) is 0 Å². The molecule has 0 amide bonds. The molecule has 6 aromatic rings. The number of ether oxygens (including phenoxy) is 1. The lowest BCUT2D eigenvalue weighted by Gasteiger charge is -2.26. The minimum atomic E-state index is 0.636. The molecule has 0 bridgehead atoms. The zero-order valence-electron chi connectivity index (χ0n) is 20.4. The zero-order valence-corrected chi connectivity index (χ0v) is 20.4. The zero-order chi connectivity index (χ0) is 24.6. The van der Waals surface area contributed by atoms with Gasteiger partial charge in [0, 0.05) is 48.6 Å². The van der Waals surface area contributed by atoms with Crippen LogP contribution in [0, 0.1) is 0 Å². The number of aromatic nitrogens is 7. The predicted molar refractivity (Wildman–Crippen MR) is 141 cm³/mol. The van der Waals surface area contributed by atoms with Gasteiger partial charge in [-0.1, -0.05) is 18.2 Å². The van der Waals surface area contributed by atoms with Crippen LogP contribution in [0.25, 0.3) is 38.7 Å². The normalized spacial score (nSPS) is 14.7. The number of nitrogens with zero attached hydrogens (tertiary/aromatic N) is 8. The molecule has 1 aliphatic heterocycles. The maximum Gasteiger partial charge on any atom is 0.177 e. The first kappa shape index (κ1) is 22.0. The van der Waals surface area contributed by atoms with Gasteiger partial charge < -0.3 is 4.74 Å². The van der Waals surface area contributed by atoms with Gasteiger partial charge in [0.05, 0.1) is 42.7 Å². The Kier molecular flexibility index (Phi) is 5.56. The Morgan fingerprint density at radius 3 is 2.76 bits per heavy atom. The number of hydrogen-bond acceptors (Lipinski definition) is 7. The van der Waals surface area contributed by atoms with Crippen LogP contribution in [0.15, 0.2) is 73.1 Å². The highest BCUT2D eigenvalue weighted by Gasteiger charge is 2.13. The van der Waals surface area contributed by atoms with Gasteiger partial charge in [0.25, 0.3) is 0 Å². The molecule has 0 spiro atoms. The SMILES string of the molecule is c1cnc2ccc(Cc3nnc4ccc(-c5ccc6c(cnn6CCN6CCOCC6)c5)nn34)cc2c1. The van der Waals surface area contributed by atoms with Crippen molar-refractivity contribution in [3.05, 3.63) is 84.4 Å². The van der Waals surface area contributed by atoms with Crippen molar-refractivity contribution >= 4 is 27.5 Å². The van der Waals surface area contributed by atoms with Crippen molar-refractivity contribution in [3.8, 4) is 11.3 Å². The highest BCUT2D eigenvalue weighted by atomic mass is 16.5. The van der Waals surface area contributed by atoms with E-state index in [-0.39, 0.29) is 0 Å². The summed E-state index contributed by atoms with van der Waals surface area (Å²) in [5.74, 6) is 0.803. The van der Waals surface area contributed by atoms with Crippen molar-refractivity contribution in [3.63, 3.8) is 0 Å². The molecule has 0 unspecified atom stereocenters. The Hall–Kier alpha value is -4.21. The van der Waals surface area contributed by atoms with E-state index in [1.807, 2.05) is 41.2 Å². The molecule has 0 atom stereocenters. The van der Waals surface area contributed by atoms with Crippen LogP contribution in [-0.2, 0) is 17.7 Å². The maximum absolute atomic E-state index is 5.45. The summed E-state index contributed by atoms with van der Waals surface area (Å²) in [6.45, 7) is 5.44. The van der Waals surface area contributed by atoms with Gasteiger partial charge in [-0.15, -0.1) is 10.2 Å². The molecule has 1 saturated heterocycles. The number of rotatable bonds is 6. The molecule has 1 aliphatic rings. The summed E-state index contributed by atoms with van der Waals surface area (Å²) in [4.78, 5) is 6.84. The largest absolute Gasteiger partial charge is 0.379 e. The summed E-state index contributed by atoms with van der Waals surface area (Å²) in [6.07, 6.45) is 4.39. The molecule has 184 valence electrons. The Labute approximate surface area is 213 Å². The van der Waals surface area contributed by atoms with Crippen LogP contribution in [0.2, 0.25) is 0 Å². The number of benzene rings is 2. The summed E-state index contributed by atoms with van der Waals surface area (Å²) in [7, 11) is 0. The van der Waals surface area contributed by atoms with Gasteiger partial charge in [0.2, 0.25) is 0 Å². The van der Waals surface area contributed by atoms with E-state index in [9.17, 15) is 0 Å². The van der Waals surface area contributed by atoms with E-state index >= 15 is 0 Å². The minimum absolute atomic E-state index is 0.636. The second-order valence-corrected chi connectivity index (χ2v) is 9.41. The molecule has 5 heterocycles. The van der Waals surface area contributed by atoms with Crippen LogP contribution in [0.1, 0.15) is 11.4 Å². The molecule has 1 fully saturated rings. The van der Waals surface area contributed by atoms with E-state index < -0.39 is 0 Å². The lowest BCUT2D eigenvalue weighted by molar-refractivity contribution is 0.0361. The third-order valence-corrected chi connectivity index (χ3v) is 7.03. The smallest absolute Gasteiger partial charge is 0.177 e. The van der Waals surface area contributed by atoms with Gasteiger partial charge in [0.1, 0.15) is 0 Å². The maximum atomic E-state index is 5.45. The summed E-state index contributed by atoms with van der Waals surface area (Å²) < 4.78 is 9.39. The minimum Gasteiger partial charge on any atom is -0.379 e. The predicted octanol–water partition coefficient (Wildman–Crippen LogP) is 3.61. The molecule has 4 aromatic heterocycles. The topological polar surface area (TPSA) is 86.3 Å². The molecule has 0 radical (unpaired) electrons. The molecule has 7 rings (SSSR count). The van der Waals surface area contributed by atoms with Gasteiger partial charge in [-0.3, -0.25) is 14.6 Å². The molecule has 9 heteroatoms. The lowest BCUT2D eigenvalue weighted by Crippen LogP contribution is -2.38. The van der Waals surface area contributed by atoms with Crippen molar-refractivity contribution in [1.29, 1.82) is 0 Å². The highest BCUT2D eigenvalue weighted by Crippen LogP contribution is 2.24. The van der Waals surface area contributed by atoms with Gasteiger partial charge in [-0.25, -0.2) is 0 Å². The fourth-order valence-corrected chi connectivity index (χ4v) is 5.00. The fourth-order valence-electron chi connectivity index (χ4n) is 5.00. The first-order valence-electron chi connectivity index (χ1n) is 12.6. The summed E-state index contributed by atoms with van der Waals surface area (Å²) in [6, 6.07) is 20.7. The standard InChI is InChI=1S/C28H26N8O/c1-2-21-16-20(3-5-24(21)29-9-1)17-28-32-31-27-8-6-25(33-36(27)28)22-4-7-26-23(18-22)19-30-35(26)11-10-34-12-14-37-15-13-34/h1-9,16,18-19H,10-15,17H2. The Bertz CT molecular complexity index is 1720. The summed E-state index contributed by atoms with van der Waals surface area (Å²) in [5.41, 5.74) is 5.91. The van der Waals surface area contributed by atoms with E-state index in [0.29, 0.717) is 6.42 Å². The van der Waals surface area contributed by atoms with E-state index in [1.165, 1.54) is 0 Å². The van der Waals surface area contributed by atoms with E-state index in [1.54, 1.807) is 0 Å². The van der Waals surface area contributed by atoms with Crippen molar-refractivity contribution in [2.75, 3.05) is 32.8 Å². The third kappa shape index (κ3) is 4.32. The van der Waals surface area contributed by atoms with Gasteiger partial charge in [-0.05, 0) is 48.0 Å². The van der Waals surface area contributed by atoms with Crippen molar-refractivity contribution in [2.45, 2.75) is 13.0 Å². The van der Waals surface area contributed by atoms with Crippen LogP contribution in [0.3, 0.4) is 0 Å². The van der Waals surface area contributed by atoms with Crippen molar-refractivity contribution < 1.29 is 4.74 Å². The monoisotopic (exact) mass is 490 g/mol. The fraction of sp³-hybridized carbons (Fsp3) is 0.250. The van der Waals surface area contributed by atoms with Gasteiger partial charge >= 0.3 is 0 Å². The van der Waals surface area contributed by atoms with Crippen LogP contribution >= 0.6 is 0 Å². The van der Waals surface area contributed by atoms with E-state index in [0.717, 1.165) is 89.5 Å². The van der Waals surface area contributed by atoms with Gasteiger partial charge in [0.15, 0.2) is 11.5 Å². The highest BCUT2D eigenvalue weighted by molar-refractivity contribution is 5.84. The number of pyridine rings is 1. The lowest BCUT2D eigenvalue weighted by atomic mass is 10.1. The van der Waals surface area contributed by atoms with Crippen molar-refractivity contribution in [1.82, 2.24) is 39.5 Å². The van der Waals surface area contributed by atoms with E-state index in [4.69, 9.17) is 9.84 Å². The summed E-state index contributed by atoms with van der Waals surface area (Å²) in [5, 5.41) is 20.5. The Morgan fingerprint density at radius 2 is 1.81 bits per heavy atom. The molecule has 9 nitrogen and oxygen atoms in total. The number of hydrogen-bond donors (Lipinski definition) is 0. The van der Waals surface area contributed by atoms with E-state index in [2.05, 4.69) is 66.3 Å². The first-order chi connectivity index (χ1) is 18.3. The third-order valence-electron chi connectivity index (χ3n) is 7.03. The van der Waals surface area contributed by atoms with Crippen molar-refractivity contribution in [2.24, 2.45) is 0 Å². The molecule has 2 aromatic carbocycles. The summed E-state index contributed by atoms with van der Waals surface area (Å²) >= 11 is 0. The van der Waals surface area contributed by atoms with Crippen LogP contribution in [-0.4, -0.2) is 72.3 Å². The molecular weight excluding hydrogens is 464 g/mol. The first-order valence-corrected chi connectivity index (χ1v) is 12.6. The molecule has 0 aliphatic carbocycles. The second kappa shape index (κ2) is 9.34. The number of morpholine rings is 1. The van der Waals surface area contributed by atoms with Crippen LogP contribution in [0.5, 0.6) is 0 Å². The Morgan fingerprint density at radius 1 is 0.865 bits per heavy atom. The average molecular weight is 491 g/mol. The van der Waals surface area contributed by atoms with Crippen LogP contribution < -0.4 is 0 Å². The second-order valence-electron chi connectivity index (χ2n) is 9.41. The Balaban J connectivity index is 1.15. The molecular formula is C28H26N8O. The molecule has 0 N–H and O–H groups in total. The molecule has 0 saturated carbocycles. The van der Waals surface area contributed by atoms with Gasteiger partial charge in [-0.2, -0.15) is 14.7 Å². The average Bonchev–Trinajstić information content (AvgIpc) is 3.55. The quantitative estimate of drug-likeness (QED) is 0.353. The molecule has 37 heavy (non-hydrogen) atoms. The number of fused-ring (bicyclic) bond motifs is 3.